The van der Waals surface area contributed by atoms with Crippen LogP contribution >= 0.6 is 0 Å². The average molecular weight is 460 g/mol. The van der Waals surface area contributed by atoms with Crippen LogP contribution in [0.1, 0.15) is 12.2 Å². The Morgan fingerprint density at radius 1 is 1.03 bits per heavy atom. The Labute approximate surface area is 187 Å². The van der Waals surface area contributed by atoms with Gasteiger partial charge in [0.25, 0.3) is 6.43 Å². The number of rotatable bonds is 5. The fraction of sp³-hybridized carbons (Fsp3) is 0.400. The predicted molar refractivity (Wildman–Crippen MR) is 116 cm³/mol. The van der Waals surface area contributed by atoms with E-state index in [-0.39, 0.29) is 23.9 Å². The van der Waals surface area contributed by atoms with Crippen molar-refractivity contribution in [1.29, 1.82) is 0 Å². The van der Waals surface area contributed by atoms with Crippen LogP contribution in [0.15, 0.2) is 24.5 Å². The fourth-order valence-electron chi connectivity index (χ4n) is 3.75. The van der Waals surface area contributed by atoms with Crippen LogP contribution in [0.25, 0.3) is 17.0 Å². The molecule has 5 rings (SSSR count). The number of methoxy groups -OCH3 is 1. The highest BCUT2D eigenvalue weighted by Gasteiger charge is 2.27. The van der Waals surface area contributed by atoms with Gasteiger partial charge in [-0.1, -0.05) is 0 Å². The molecule has 33 heavy (non-hydrogen) atoms. The Kier molecular flexibility index (Phi) is 5.54. The largest absolute Gasteiger partial charge is 0.494 e. The second kappa shape index (κ2) is 8.65. The highest BCUT2D eigenvalue weighted by Crippen LogP contribution is 2.34. The molecular formula is C20H22F2N8O3. The average Bonchev–Trinajstić information content (AvgIpc) is 3.24. The van der Waals surface area contributed by atoms with Gasteiger partial charge in [-0.15, -0.1) is 0 Å². The Hall–Kier alpha value is -3.74. The van der Waals surface area contributed by atoms with Crippen molar-refractivity contribution < 1.29 is 23.0 Å². The summed E-state index contributed by atoms with van der Waals surface area (Å²) in [4.78, 5) is 21.5. The molecule has 1 fully saturated rings. The van der Waals surface area contributed by atoms with Gasteiger partial charge >= 0.3 is 0 Å². The van der Waals surface area contributed by atoms with E-state index < -0.39 is 12.2 Å². The Bertz CT molecular complexity index is 1200. The van der Waals surface area contributed by atoms with E-state index in [9.17, 15) is 8.78 Å². The number of alkyl halides is 2. The molecular weight excluding hydrogens is 438 g/mol. The number of nitrogens with zero attached hydrogens (tertiary/aromatic N) is 7. The number of fused-ring (bicyclic) bond motifs is 1. The molecule has 2 aliphatic heterocycles. The van der Waals surface area contributed by atoms with E-state index in [1.54, 1.807) is 17.2 Å². The number of anilines is 3. The van der Waals surface area contributed by atoms with Crippen LogP contribution in [0.5, 0.6) is 5.75 Å². The number of aromatic nitrogens is 5. The van der Waals surface area contributed by atoms with Gasteiger partial charge in [0.05, 0.1) is 32.1 Å². The number of benzene rings is 1. The minimum absolute atomic E-state index is 0.00139. The van der Waals surface area contributed by atoms with E-state index in [1.807, 2.05) is 11.0 Å². The van der Waals surface area contributed by atoms with Gasteiger partial charge < -0.3 is 29.7 Å². The van der Waals surface area contributed by atoms with Crippen molar-refractivity contribution in [3.8, 4) is 11.7 Å². The van der Waals surface area contributed by atoms with Crippen molar-refractivity contribution in [2.24, 2.45) is 0 Å². The summed E-state index contributed by atoms with van der Waals surface area (Å²) in [6, 6.07) is 3.08. The molecule has 0 bridgehead atoms. The second-order valence-electron chi connectivity index (χ2n) is 7.42. The number of ether oxygens (including phenoxy) is 3. The lowest BCUT2D eigenvalue weighted by Gasteiger charge is -2.29. The first kappa shape index (κ1) is 21.1. The normalized spacial score (nSPS) is 16.5. The molecule has 0 radical (unpaired) electrons. The standard InChI is InChI=1S/C20H22F2N8O3/c1-31-14-10-12(23)9-13-15(14)24-17(16(21)22)30(13)20-26-18(28-4-7-32-8-5-28)25-19(27-20)29-3-2-6-33-11-29/h2,6,9-10,16H,3-5,7-8,11,23H2,1H3. The van der Waals surface area contributed by atoms with Crippen molar-refractivity contribution in [3.63, 3.8) is 0 Å². The lowest BCUT2D eigenvalue weighted by Crippen LogP contribution is -2.38. The molecule has 2 aliphatic rings. The first-order valence-corrected chi connectivity index (χ1v) is 10.3. The zero-order valence-corrected chi connectivity index (χ0v) is 17.8. The van der Waals surface area contributed by atoms with E-state index in [0.717, 1.165) is 0 Å². The lowest BCUT2D eigenvalue weighted by atomic mass is 10.2. The molecule has 0 atom stereocenters. The zero-order valence-electron chi connectivity index (χ0n) is 17.8. The van der Waals surface area contributed by atoms with Gasteiger partial charge in [0.15, 0.2) is 12.6 Å². The molecule has 2 N–H and O–H groups in total. The molecule has 11 nitrogen and oxygen atoms in total. The minimum atomic E-state index is -2.89. The van der Waals surface area contributed by atoms with E-state index in [2.05, 4.69) is 19.9 Å². The molecule has 0 unspecified atom stereocenters. The second-order valence-corrected chi connectivity index (χ2v) is 7.42. The summed E-state index contributed by atoms with van der Waals surface area (Å²) in [6.45, 7) is 2.86. The summed E-state index contributed by atoms with van der Waals surface area (Å²) in [7, 11) is 1.43. The van der Waals surface area contributed by atoms with Crippen molar-refractivity contribution in [2.45, 2.75) is 6.43 Å². The van der Waals surface area contributed by atoms with E-state index >= 15 is 0 Å². The smallest absolute Gasteiger partial charge is 0.296 e. The molecule has 0 amide bonds. The summed E-state index contributed by atoms with van der Waals surface area (Å²) < 4.78 is 45.5. The highest BCUT2D eigenvalue weighted by molar-refractivity contribution is 5.87. The summed E-state index contributed by atoms with van der Waals surface area (Å²) >= 11 is 0. The van der Waals surface area contributed by atoms with Gasteiger partial charge in [-0.3, -0.25) is 4.57 Å². The number of halogens is 2. The maximum Gasteiger partial charge on any atom is 0.296 e. The number of imidazole rings is 1. The van der Waals surface area contributed by atoms with Crippen molar-refractivity contribution in [3.05, 3.63) is 30.3 Å². The molecule has 0 spiro atoms. The third kappa shape index (κ3) is 3.95. The van der Waals surface area contributed by atoms with Crippen LogP contribution in [0.2, 0.25) is 0 Å². The van der Waals surface area contributed by atoms with E-state index in [0.29, 0.717) is 55.9 Å². The molecule has 13 heteroatoms. The molecule has 0 aliphatic carbocycles. The van der Waals surface area contributed by atoms with Crippen LogP contribution in [0.3, 0.4) is 0 Å². The number of morpholine rings is 1. The SMILES string of the molecule is COc1cc(N)cc2c1nc(C(F)F)n2-c1nc(N2CCOCC2)nc(N2CC=COC2)n1. The van der Waals surface area contributed by atoms with Gasteiger partial charge in [0.2, 0.25) is 17.8 Å². The predicted octanol–water partition coefficient (Wildman–Crippen LogP) is 1.88. The maximum atomic E-state index is 14.1. The first-order chi connectivity index (χ1) is 16.0. The van der Waals surface area contributed by atoms with Crippen molar-refractivity contribution in [2.75, 3.05) is 62.2 Å². The quantitative estimate of drug-likeness (QED) is 0.566. The molecule has 174 valence electrons. The Balaban J connectivity index is 1.73. The van der Waals surface area contributed by atoms with Crippen molar-refractivity contribution >= 4 is 28.6 Å². The maximum absolute atomic E-state index is 14.1. The molecule has 1 saturated heterocycles. The Morgan fingerprint density at radius 3 is 2.42 bits per heavy atom. The number of hydrogen-bond acceptors (Lipinski definition) is 10. The van der Waals surface area contributed by atoms with Crippen LogP contribution in [-0.4, -0.2) is 71.2 Å². The monoisotopic (exact) mass is 460 g/mol. The molecule has 2 aromatic heterocycles. The third-order valence-electron chi connectivity index (χ3n) is 5.31. The van der Waals surface area contributed by atoms with Crippen LogP contribution in [0.4, 0.5) is 26.4 Å². The van der Waals surface area contributed by atoms with E-state index in [1.165, 1.54) is 17.7 Å². The lowest BCUT2D eigenvalue weighted by molar-refractivity contribution is 0.122. The third-order valence-corrected chi connectivity index (χ3v) is 5.31. The van der Waals surface area contributed by atoms with Gasteiger partial charge in [-0.25, -0.2) is 13.8 Å². The first-order valence-electron chi connectivity index (χ1n) is 10.3. The topological polar surface area (TPSA) is 117 Å². The van der Waals surface area contributed by atoms with E-state index in [4.69, 9.17) is 19.9 Å². The summed E-state index contributed by atoms with van der Waals surface area (Å²) in [5.74, 6) is 0.410. The summed E-state index contributed by atoms with van der Waals surface area (Å²) in [6.07, 6.45) is 0.510. The van der Waals surface area contributed by atoms with Crippen LogP contribution in [-0.2, 0) is 9.47 Å². The highest BCUT2D eigenvalue weighted by atomic mass is 19.3. The number of nitrogen functional groups attached to an aromatic ring is 1. The number of hydrogen-bond donors (Lipinski definition) is 1. The molecule has 1 aromatic carbocycles. The van der Waals surface area contributed by atoms with Gasteiger partial charge in [-0.05, 0) is 12.1 Å². The molecule has 4 heterocycles. The number of nitrogens with two attached hydrogens (primary N) is 1. The van der Waals surface area contributed by atoms with Gasteiger partial charge in [0.1, 0.15) is 11.3 Å². The van der Waals surface area contributed by atoms with Crippen LogP contribution in [0, 0.1) is 0 Å². The Morgan fingerprint density at radius 2 is 1.76 bits per heavy atom. The summed E-state index contributed by atoms with van der Waals surface area (Å²) in [5, 5.41) is 0. The fourth-order valence-corrected chi connectivity index (χ4v) is 3.75. The van der Waals surface area contributed by atoms with Gasteiger partial charge in [-0.2, -0.15) is 15.0 Å². The minimum Gasteiger partial charge on any atom is -0.494 e. The van der Waals surface area contributed by atoms with Crippen LogP contribution < -0.4 is 20.3 Å². The van der Waals surface area contributed by atoms with Gasteiger partial charge in [0, 0.05) is 31.4 Å². The van der Waals surface area contributed by atoms with Crippen molar-refractivity contribution in [1.82, 2.24) is 24.5 Å². The molecule has 0 saturated carbocycles. The zero-order chi connectivity index (χ0) is 22.9. The summed E-state index contributed by atoms with van der Waals surface area (Å²) in [5.41, 5.74) is 6.89. The molecule has 3 aromatic rings.